The van der Waals surface area contributed by atoms with Crippen molar-refractivity contribution < 1.29 is 14.0 Å². The Bertz CT molecular complexity index is 571. The molecule has 2 amide bonds. The van der Waals surface area contributed by atoms with E-state index in [0.717, 1.165) is 31.5 Å². The molecule has 1 aromatic rings. The van der Waals surface area contributed by atoms with Crippen LogP contribution in [0.15, 0.2) is 24.3 Å². The maximum absolute atomic E-state index is 13.1. The average Bonchev–Trinajstić information content (AvgIpc) is 2.59. The Kier molecular flexibility index (Phi) is 7.37. The minimum absolute atomic E-state index is 0.0230. The zero-order valence-electron chi connectivity index (χ0n) is 15.1. The number of carbonyl (C=O) groups excluding carboxylic acids is 2. The highest BCUT2D eigenvalue weighted by Gasteiger charge is 2.32. The standard InChI is InChI=1S/C19H28FN3O2/c1-3-10-22(11-4-2)18(24)13-17-19(25)21-9-12-23(17)14-15-5-7-16(20)8-6-15/h5-8,17H,3-4,9-14H2,1-2H3,(H,21,25)/t17-/m0/s1. The van der Waals surface area contributed by atoms with Gasteiger partial charge in [0.2, 0.25) is 11.8 Å². The summed E-state index contributed by atoms with van der Waals surface area (Å²) in [6.45, 7) is 7.32. The van der Waals surface area contributed by atoms with Crippen molar-refractivity contribution in [2.45, 2.75) is 45.7 Å². The number of halogens is 1. The summed E-state index contributed by atoms with van der Waals surface area (Å²) >= 11 is 0. The van der Waals surface area contributed by atoms with Gasteiger partial charge in [0.05, 0.1) is 12.5 Å². The van der Waals surface area contributed by atoms with Crippen LogP contribution in [0.2, 0.25) is 0 Å². The van der Waals surface area contributed by atoms with E-state index in [9.17, 15) is 14.0 Å². The summed E-state index contributed by atoms with van der Waals surface area (Å²) in [7, 11) is 0. The number of rotatable bonds is 8. The van der Waals surface area contributed by atoms with Gasteiger partial charge in [-0.25, -0.2) is 4.39 Å². The SMILES string of the molecule is CCCN(CCC)C(=O)C[C@H]1C(=O)NCCN1Cc1ccc(F)cc1. The van der Waals surface area contributed by atoms with Gasteiger partial charge in [-0.2, -0.15) is 0 Å². The van der Waals surface area contributed by atoms with E-state index in [4.69, 9.17) is 0 Å². The number of benzene rings is 1. The van der Waals surface area contributed by atoms with Crippen molar-refractivity contribution in [3.05, 3.63) is 35.6 Å². The third kappa shape index (κ3) is 5.53. The summed E-state index contributed by atoms with van der Waals surface area (Å²) in [5.74, 6) is -0.355. The summed E-state index contributed by atoms with van der Waals surface area (Å²) in [5, 5.41) is 2.85. The lowest BCUT2D eigenvalue weighted by Crippen LogP contribution is -2.56. The van der Waals surface area contributed by atoms with Crippen molar-refractivity contribution in [1.29, 1.82) is 0 Å². The van der Waals surface area contributed by atoms with Gasteiger partial charge in [0.15, 0.2) is 0 Å². The van der Waals surface area contributed by atoms with E-state index in [-0.39, 0.29) is 24.1 Å². The molecule has 0 unspecified atom stereocenters. The molecule has 2 rings (SSSR count). The third-order valence-electron chi connectivity index (χ3n) is 4.45. The largest absolute Gasteiger partial charge is 0.353 e. The van der Waals surface area contributed by atoms with E-state index in [0.29, 0.717) is 19.6 Å². The molecule has 5 nitrogen and oxygen atoms in total. The van der Waals surface area contributed by atoms with Crippen molar-refractivity contribution in [2.75, 3.05) is 26.2 Å². The van der Waals surface area contributed by atoms with Gasteiger partial charge in [-0.1, -0.05) is 26.0 Å². The van der Waals surface area contributed by atoms with Crippen LogP contribution < -0.4 is 5.32 Å². The van der Waals surface area contributed by atoms with Crippen LogP contribution in [0.3, 0.4) is 0 Å². The Hall–Kier alpha value is -1.95. The van der Waals surface area contributed by atoms with Gasteiger partial charge in [-0.3, -0.25) is 14.5 Å². The first-order valence-electron chi connectivity index (χ1n) is 9.09. The van der Waals surface area contributed by atoms with Gasteiger partial charge in [-0.05, 0) is 30.5 Å². The quantitative estimate of drug-likeness (QED) is 0.783. The van der Waals surface area contributed by atoms with Crippen LogP contribution in [-0.4, -0.2) is 53.8 Å². The molecule has 1 atom stereocenters. The molecule has 6 heteroatoms. The molecule has 1 heterocycles. The molecule has 1 aliphatic heterocycles. The second-order valence-corrected chi connectivity index (χ2v) is 6.49. The predicted molar refractivity (Wildman–Crippen MR) is 95.4 cm³/mol. The molecule has 1 fully saturated rings. The fourth-order valence-corrected chi connectivity index (χ4v) is 3.19. The van der Waals surface area contributed by atoms with Crippen LogP contribution in [0.1, 0.15) is 38.7 Å². The molecule has 1 saturated heterocycles. The molecule has 1 aromatic carbocycles. The molecule has 0 bridgehead atoms. The summed E-state index contributed by atoms with van der Waals surface area (Å²) < 4.78 is 13.1. The molecule has 0 saturated carbocycles. The smallest absolute Gasteiger partial charge is 0.237 e. The fraction of sp³-hybridized carbons (Fsp3) is 0.579. The van der Waals surface area contributed by atoms with Crippen LogP contribution in [0, 0.1) is 5.82 Å². The van der Waals surface area contributed by atoms with E-state index >= 15 is 0 Å². The molecule has 1 aliphatic rings. The Morgan fingerprint density at radius 3 is 2.48 bits per heavy atom. The Labute approximate surface area is 149 Å². The van der Waals surface area contributed by atoms with Crippen LogP contribution in [0.5, 0.6) is 0 Å². The van der Waals surface area contributed by atoms with Gasteiger partial charge in [0.1, 0.15) is 5.82 Å². The monoisotopic (exact) mass is 349 g/mol. The molecule has 0 aromatic heterocycles. The first-order chi connectivity index (χ1) is 12.0. The maximum atomic E-state index is 13.1. The molecule has 1 N–H and O–H groups in total. The summed E-state index contributed by atoms with van der Waals surface area (Å²) in [6, 6.07) is 5.82. The number of hydrogen-bond donors (Lipinski definition) is 1. The van der Waals surface area contributed by atoms with E-state index < -0.39 is 6.04 Å². The molecule has 0 radical (unpaired) electrons. The number of carbonyl (C=O) groups is 2. The summed E-state index contributed by atoms with van der Waals surface area (Å²) in [5.41, 5.74) is 0.938. The van der Waals surface area contributed by atoms with Crippen molar-refractivity contribution in [2.24, 2.45) is 0 Å². The Balaban J connectivity index is 2.06. The number of amides is 2. The number of hydrogen-bond acceptors (Lipinski definition) is 3. The first-order valence-corrected chi connectivity index (χ1v) is 9.09. The van der Waals surface area contributed by atoms with Gasteiger partial charge >= 0.3 is 0 Å². The molecule has 0 aliphatic carbocycles. The minimum Gasteiger partial charge on any atom is -0.353 e. The molecular weight excluding hydrogens is 321 g/mol. The lowest BCUT2D eigenvalue weighted by molar-refractivity contribution is -0.139. The van der Waals surface area contributed by atoms with Gasteiger partial charge in [-0.15, -0.1) is 0 Å². The second kappa shape index (κ2) is 9.51. The minimum atomic E-state index is -0.470. The summed E-state index contributed by atoms with van der Waals surface area (Å²) in [4.78, 5) is 28.8. The molecule has 138 valence electrons. The highest BCUT2D eigenvalue weighted by atomic mass is 19.1. The van der Waals surface area contributed by atoms with Crippen LogP contribution in [-0.2, 0) is 16.1 Å². The molecule has 25 heavy (non-hydrogen) atoms. The maximum Gasteiger partial charge on any atom is 0.237 e. The van der Waals surface area contributed by atoms with Gasteiger partial charge < -0.3 is 10.2 Å². The molecular formula is C19H28FN3O2. The predicted octanol–water partition coefficient (Wildman–Crippen LogP) is 2.16. The number of nitrogens with one attached hydrogen (secondary N) is 1. The molecule has 0 spiro atoms. The van der Waals surface area contributed by atoms with E-state index in [1.54, 1.807) is 12.1 Å². The van der Waals surface area contributed by atoms with Crippen molar-refractivity contribution in [3.8, 4) is 0 Å². The Morgan fingerprint density at radius 1 is 1.24 bits per heavy atom. The third-order valence-corrected chi connectivity index (χ3v) is 4.45. The lowest BCUT2D eigenvalue weighted by atomic mass is 10.1. The van der Waals surface area contributed by atoms with E-state index in [1.807, 2.05) is 23.6 Å². The highest BCUT2D eigenvalue weighted by molar-refractivity contribution is 5.88. The van der Waals surface area contributed by atoms with E-state index in [1.165, 1.54) is 12.1 Å². The Morgan fingerprint density at radius 2 is 1.88 bits per heavy atom. The van der Waals surface area contributed by atoms with Crippen LogP contribution >= 0.6 is 0 Å². The van der Waals surface area contributed by atoms with Crippen molar-refractivity contribution in [1.82, 2.24) is 15.1 Å². The first kappa shape index (κ1) is 19.4. The second-order valence-electron chi connectivity index (χ2n) is 6.49. The normalized spacial score (nSPS) is 18.0. The highest BCUT2D eigenvalue weighted by Crippen LogP contribution is 2.16. The average molecular weight is 349 g/mol. The zero-order valence-corrected chi connectivity index (χ0v) is 15.1. The zero-order chi connectivity index (χ0) is 18.2. The van der Waals surface area contributed by atoms with Gasteiger partial charge in [0, 0.05) is 32.7 Å². The van der Waals surface area contributed by atoms with Crippen LogP contribution in [0.4, 0.5) is 4.39 Å². The number of nitrogens with zero attached hydrogens (tertiary/aromatic N) is 2. The topological polar surface area (TPSA) is 52.7 Å². The van der Waals surface area contributed by atoms with E-state index in [2.05, 4.69) is 5.32 Å². The van der Waals surface area contributed by atoms with Crippen molar-refractivity contribution >= 4 is 11.8 Å². The lowest BCUT2D eigenvalue weighted by Gasteiger charge is -2.35. The fourth-order valence-electron chi connectivity index (χ4n) is 3.19. The summed E-state index contributed by atoms with van der Waals surface area (Å²) in [6.07, 6.45) is 2.00. The van der Waals surface area contributed by atoms with Crippen LogP contribution in [0.25, 0.3) is 0 Å². The van der Waals surface area contributed by atoms with Crippen molar-refractivity contribution in [3.63, 3.8) is 0 Å². The number of piperazine rings is 1. The van der Waals surface area contributed by atoms with Gasteiger partial charge in [0.25, 0.3) is 0 Å².